The van der Waals surface area contributed by atoms with Crippen LogP contribution in [0.25, 0.3) is 0 Å². The van der Waals surface area contributed by atoms with Crippen LogP contribution >= 0.6 is 0 Å². The Morgan fingerprint density at radius 1 is 1.24 bits per heavy atom. The molecule has 1 unspecified atom stereocenters. The number of anilines is 1. The molecule has 0 aromatic carbocycles. The molecule has 1 N–H and O–H groups in total. The van der Waals surface area contributed by atoms with Crippen molar-refractivity contribution in [3.05, 3.63) is 24.0 Å². The molecular formula is C18H31N3. The van der Waals surface area contributed by atoms with Gasteiger partial charge in [-0.3, -0.25) is 4.98 Å². The van der Waals surface area contributed by atoms with Crippen molar-refractivity contribution in [2.45, 2.75) is 58.4 Å². The topological polar surface area (TPSA) is 28.2 Å². The van der Waals surface area contributed by atoms with Gasteiger partial charge in [0.25, 0.3) is 0 Å². The zero-order chi connectivity index (χ0) is 15.1. The molecule has 1 fully saturated rings. The SMILES string of the molecule is CCNC(CC)c1ccc(N(C)CC2CCCCC2)cn1. The highest BCUT2D eigenvalue weighted by molar-refractivity contribution is 5.44. The normalized spacial score (nSPS) is 17.7. The quantitative estimate of drug-likeness (QED) is 0.817. The van der Waals surface area contributed by atoms with E-state index in [1.54, 1.807) is 0 Å². The van der Waals surface area contributed by atoms with E-state index in [-0.39, 0.29) is 0 Å². The average Bonchev–Trinajstić information content (AvgIpc) is 2.54. The Balaban J connectivity index is 1.93. The third-order valence-corrected chi connectivity index (χ3v) is 4.68. The van der Waals surface area contributed by atoms with Crippen molar-refractivity contribution in [3.63, 3.8) is 0 Å². The summed E-state index contributed by atoms with van der Waals surface area (Å²) < 4.78 is 0. The maximum Gasteiger partial charge on any atom is 0.0574 e. The Morgan fingerprint density at radius 2 is 2.00 bits per heavy atom. The monoisotopic (exact) mass is 289 g/mol. The van der Waals surface area contributed by atoms with Crippen LogP contribution in [0.2, 0.25) is 0 Å². The van der Waals surface area contributed by atoms with Crippen LogP contribution in [0.5, 0.6) is 0 Å². The molecule has 21 heavy (non-hydrogen) atoms. The van der Waals surface area contributed by atoms with Crippen LogP contribution in [-0.2, 0) is 0 Å². The molecular weight excluding hydrogens is 258 g/mol. The minimum absolute atomic E-state index is 0.382. The Labute approximate surface area is 130 Å². The third kappa shape index (κ3) is 4.70. The molecule has 3 heteroatoms. The van der Waals surface area contributed by atoms with E-state index in [4.69, 9.17) is 0 Å². The van der Waals surface area contributed by atoms with Crippen molar-refractivity contribution in [1.82, 2.24) is 10.3 Å². The highest BCUT2D eigenvalue weighted by Gasteiger charge is 2.16. The summed E-state index contributed by atoms with van der Waals surface area (Å²) in [5, 5.41) is 3.49. The molecule has 0 aliphatic heterocycles. The fourth-order valence-electron chi connectivity index (χ4n) is 3.40. The van der Waals surface area contributed by atoms with Gasteiger partial charge in [0.2, 0.25) is 0 Å². The van der Waals surface area contributed by atoms with Crippen molar-refractivity contribution in [2.75, 3.05) is 25.0 Å². The summed E-state index contributed by atoms with van der Waals surface area (Å²) in [6.45, 7) is 6.52. The lowest BCUT2D eigenvalue weighted by atomic mass is 9.89. The highest BCUT2D eigenvalue weighted by atomic mass is 15.1. The molecule has 118 valence electrons. The van der Waals surface area contributed by atoms with Gasteiger partial charge >= 0.3 is 0 Å². The van der Waals surface area contributed by atoms with E-state index in [2.05, 4.69) is 48.2 Å². The number of hydrogen-bond acceptors (Lipinski definition) is 3. The smallest absolute Gasteiger partial charge is 0.0574 e. The molecule has 2 rings (SSSR count). The second-order valence-electron chi connectivity index (χ2n) is 6.34. The standard InChI is InChI=1S/C18H31N3/c1-4-17(19-5-2)18-12-11-16(13-20-18)21(3)14-15-9-7-6-8-10-15/h11-13,15,17,19H,4-10,14H2,1-3H3. The van der Waals surface area contributed by atoms with Crippen molar-refractivity contribution in [3.8, 4) is 0 Å². The van der Waals surface area contributed by atoms with E-state index < -0.39 is 0 Å². The second kappa shape index (κ2) is 8.38. The van der Waals surface area contributed by atoms with Crippen molar-refractivity contribution >= 4 is 5.69 Å². The van der Waals surface area contributed by atoms with Crippen LogP contribution in [0.1, 0.15) is 64.1 Å². The summed E-state index contributed by atoms with van der Waals surface area (Å²) in [6.07, 6.45) is 10.2. The molecule has 1 aromatic rings. The van der Waals surface area contributed by atoms with Crippen molar-refractivity contribution in [1.29, 1.82) is 0 Å². The highest BCUT2D eigenvalue weighted by Crippen LogP contribution is 2.26. The lowest BCUT2D eigenvalue weighted by molar-refractivity contribution is 0.362. The summed E-state index contributed by atoms with van der Waals surface area (Å²) in [5.74, 6) is 0.869. The van der Waals surface area contributed by atoms with E-state index in [9.17, 15) is 0 Å². The molecule has 1 saturated carbocycles. The summed E-state index contributed by atoms with van der Waals surface area (Å²) in [4.78, 5) is 7.05. The molecule has 1 aromatic heterocycles. The number of pyridine rings is 1. The van der Waals surface area contributed by atoms with E-state index in [0.717, 1.165) is 24.6 Å². The fourth-order valence-corrected chi connectivity index (χ4v) is 3.40. The molecule has 3 nitrogen and oxygen atoms in total. The van der Waals surface area contributed by atoms with Gasteiger partial charge in [-0.25, -0.2) is 0 Å². The van der Waals surface area contributed by atoms with Crippen molar-refractivity contribution < 1.29 is 0 Å². The lowest BCUT2D eigenvalue weighted by Crippen LogP contribution is -2.27. The number of nitrogens with one attached hydrogen (secondary N) is 1. The van der Waals surface area contributed by atoms with Gasteiger partial charge in [0.1, 0.15) is 0 Å². The van der Waals surface area contributed by atoms with E-state index in [0.29, 0.717) is 6.04 Å². The summed E-state index contributed by atoms with van der Waals surface area (Å²) in [5.41, 5.74) is 2.41. The minimum atomic E-state index is 0.382. The van der Waals surface area contributed by atoms with Crippen LogP contribution in [0.4, 0.5) is 5.69 Å². The van der Waals surface area contributed by atoms with Crippen LogP contribution in [0.3, 0.4) is 0 Å². The number of aromatic nitrogens is 1. The van der Waals surface area contributed by atoms with Gasteiger partial charge in [0.15, 0.2) is 0 Å². The zero-order valence-corrected chi connectivity index (χ0v) is 13.9. The number of rotatable bonds is 7. The summed E-state index contributed by atoms with van der Waals surface area (Å²) in [6, 6.07) is 4.79. The Hall–Kier alpha value is -1.09. The second-order valence-corrected chi connectivity index (χ2v) is 6.34. The minimum Gasteiger partial charge on any atom is -0.373 e. The lowest BCUT2D eigenvalue weighted by Gasteiger charge is -2.28. The van der Waals surface area contributed by atoms with Gasteiger partial charge in [0, 0.05) is 19.6 Å². The predicted octanol–water partition coefficient (Wildman–Crippen LogP) is 4.16. The molecule has 0 bridgehead atoms. The maximum atomic E-state index is 4.68. The third-order valence-electron chi connectivity index (χ3n) is 4.68. The predicted molar refractivity (Wildman–Crippen MR) is 90.8 cm³/mol. The average molecular weight is 289 g/mol. The molecule has 0 radical (unpaired) electrons. The first-order valence-electron chi connectivity index (χ1n) is 8.65. The van der Waals surface area contributed by atoms with E-state index >= 15 is 0 Å². The van der Waals surface area contributed by atoms with Crippen LogP contribution < -0.4 is 10.2 Å². The first-order valence-corrected chi connectivity index (χ1v) is 8.65. The van der Waals surface area contributed by atoms with E-state index in [1.807, 2.05) is 6.20 Å². The van der Waals surface area contributed by atoms with Crippen molar-refractivity contribution in [2.24, 2.45) is 5.92 Å². The maximum absolute atomic E-state index is 4.68. The summed E-state index contributed by atoms with van der Waals surface area (Å²) in [7, 11) is 2.20. The number of nitrogens with zero attached hydrogens (tertiary/aromatic N) is 2. The largest absolute Gasteiger partial charge is 0.373 e. The number of hydrogen-bond donors (Lipinski definition) is 1. The molecule has 0 spiro atoms. The van der Waals surface area contributed by atoms with Crippen LogP contribution in [-0.4, -0.2) is 25.1 Å². The van der Waals surface area contributed by atoms with Gasteiger partial charge in [-0.2, -0.15) is 0 Å². The van der Waals surface area contributed by atoms with Gasteiger partial charge < -0.3 is 10.2 Å². The van der Waals surface area contributed by atoms with Gasteiger partial charge in [-0.15, -0.1) is 0 Å². The molecule has 1 aliphatic carbocycles. The van der Waals surface area contributed by atoms with Gasteiger partial charge in [0.05, 0.1) is 17.6 Å². The first-order chi connectivity index (χ1) is 10.2. The fraction of sp³-hybridized carbons (Fsp3) is 0.722. The van der Waals surface area contributed by atoms with Crippen LogP contribution in [0.15, 0.2) is 18.3 Å². The van der Waals surface area contributed by atoms with Crippen LogP contribution in [0, 0.1) is 5.92 Å². The van der Waals surface area contributed by atoms with Gasteiger partial charge in [-0.05, 0) is 43.9 Å². The molecule has 0 amide bonds. The first kappa shape index (κ1) is 16.3. The molecule has 1 aliphatic rings. The Bertz CT molecular complexity index is 395. The molecule has 1 atom stereocenters. The van der Waals surface area contributed by atoms with Gasteiger partial charge in [-0.1, -0.05) is 33.1 Å². The molecule has 1 heterocycles. The zero-order valence-electron chi connectivity index (χ0n) is 13.9. The molecule has 0 saturated heterocycles. The van der Waals surface area contributed by atoms with E-state index in [1.165, 1.54) is 44.3 Å². The summed E-state index contributed by atoms with van der Waals surface area (Å²) >= 11 is 0. The Morgan fingerprint density at radius 3 is 2.57 bits per heavy atom. The Kier molecular flexibility index (Phi) is 6.50.